The van der Waals surface area contributed by atoms with Crippen molar-refractivity contribution in [3.63, 3.8) is 0 Å². The largest absolute Gasteiger partial charge is 0.465 e. The van der Waals surface area contributed by atoms with Crippen molar-refractivity contribution >= 4 is 23.5 Å². The third-order valence-electron chi connectivity index (χ3n) is 3.28. The maximum absolute atomic E-state index is 14.3. The first-order valence-electron chi connectivity index (χ1n) is 6.02. The summed E-state index contributed by atoms with van der Waals surface area (Å²) in [6.07, 6.45) is -0.153. The van der Waals surface area contributed by atoms with Gasteiger partial charge < -0.3 is 15.4 Å². The molecule has 1 aromatic rings. The van der Waals surface area contributed by atoms with Crippen LogP contribution in [0.2, 0.25) is 0 Å². The van der Waals surface area contributed by atoms with E-state index in [0.29, 0.717) is 0 Å². The van der Waals surface area contributed by atoms with Crippen LogP contribution in [0.15, 0.2) is 12.1 Å². The third-order valence-corrected chi connectivity index (χ3v) is 3.28. The minimum atomic E-state index is -1.21. The molecular formula is C13H12F2N2O4. The lowest BCUT2D eigenvalue weighted by atomic mass is 10.1. The molecule has 21 heavy (non-hydrogen) atoms. The van der Waals surface area contributed by atoms with Crippen molar-refractivity contribution < 1.29 is 27.9 Å². The lowest BCUT2D eigenvalue weighted by Crippen LogP contribution is -2.29. The van der Waals surface area contributed by atoms with Gasteiger partial charge in [-0.2, -0.15) is 0 Å². The highest BCUT2D eigenvalue weighted by molar-refractivity contribution is 6.01. The molecule has 6 nitrogen and oxygen atoms in total. The number of hydrogen-bond donors (Lipinski definition) is 1. The van der Waals surface area contributed by atoms with Gasteiger partial charge in [-0.15, -0.1) is 0 Å². The van der Waals surface area contributed by atoms with Crippen LogP contribution < -0.4 is 10.6 Å². The van der Waals surface area contributed by atoms with Gasteiger partial charge in [0.15, 0.2) is 5.82 Å². The van der Waals surface area contributed by atoms with Gasteiger partial charge in [0.2, 0.25) is 11.8 Å². The SMILES string of the molecule is COC(=O)c1c(F)ccc(N2CC(C(N)=O)CC2=O)c1F. The molecular weight excluding hydrogens is 286 g/mol. The Bertz CT molecular complexity index is 633. The highest BCUT2D eigenvalue weighted by atomic mass is 19.1. The molecule has 8 heteroatoms. The van der Waals surface area contributed by atoms with Crippen LogP contribution in [0.1, 0.15) is 16.8 Å². The van der Waals surface area contributed by atoms with Gasteiger partial charge in [0.25, 0.3) is 0 Å². The number of methoxy groups -OCH3 is 1. The molecule has 1 aromatic carbocycles. The van der Waals surface area contributed by atoms with E-state index in [4.69, 9.17) is 5.73 Å². The zero-order valence-corrected chi connectivity index (χ0v) is 11.1. The smallest absolute Gasteiger partial charge is 0.343 e. The molecule has 0 aromatic heterocycles. The number of hydrogen-bond acceptors (Lipinski definition) is 4. The summed E-state index contributed by atoms with van der Waals surface area (Å²) in [5.74, 6) is -5.45. The number of nitrogens with zero attached hydrogens (tertiary/aromatic N) is 1. The van der Waals surface area contributed by atoms with Crippen LogP contribution in [0.3, 0.4) is 0 Å². The summed E-state index contributed by atoms with van der Waals surface area (Å²) in [5.41, 5.74) is 3.95. The monoisotopic (exact) mass is 298 g/mol. The van der Waals surface area contributed by atoms with Crippen molar-refractivity contribution in [3.8, 4) is 0 Å². The first-order chi connectivity index (χ1) is 9.86. The predicted octanol–water partition coefficient (Wildman–Crippen LogP) is 0.590. The van der Waals surface area contributed by atoms with Crippen molar-refractivity contribution in [2.75, 3.05) is 18.6 Å². The van der Waals surface area contributed by atoms with Crippen molar-refractivity contribution in [3.05, 3.63) is 29.3 Å². The summed E-state index contributed by atoms with van der Waals surface area (Å²) in [7, 11) is 0.984. The molecule has 1 saturated heterocycles. The zero-order valence-electron chi connectivity index (χ0n) is 11.1. The number of carbonyl (C=O) groups excluding carboxylic acids is 3. The number of rotatable bonds is 3. The van der Waals surface area contributed by atoms with Crippen molar-refractivity contribution in [1.82, 2.24) is 0 Å². The molecule has 1 fully saturated rings. The molecule has 1 unspecified atom stereocenters. The second-order valence-corrected chi connectivity index (χ2v) is 4.55. The molecule has 0 spiro atoms. The fraction of sp³-hybridized carbons (Fsp3) is 0.308. The van der Waals surface area contributed by atoms with Crippen LogP contribution in [0.5, 0.6) is 0 Å². The Morgan fingerprint density at radius 2 is 2.05 bits per heavy atom. The second-order valence-electron chi connectivity index (χ2n) is 4.55. The van der Waals surface area contributed by atoms with E-state index < -0.39 is 40.9 Å². The van der Waals surface area contributed by atoms with Gasteiger partial charge >= 0.3 is 5.97 Å². The summed E-state index contributed by atoms with van der Waals surface area (Å²) in [6, 6.07) is 1.88. The molecule has 0 bridgehead atoms. The number of benzene rings is 1. The molecule has 1 heterocycles. The van der Waals surface area contributed by atoms with E-state index in [9.17, 15) is 23.2 Å². The Morgan fingerprint density at radius 1 is 1.38 bits per heavy atom. The highest BCUT2D eigenvalue weighted by Crippen LogP contribution is 2.30. The minimum Gasteiger partial charge on any atom is -0.465 e. The molecule has 112 valence electrons. The molecule has 2 N–H and O–H groups in total. The molecule has 0 aliphatic carbocycles. The number of esters is 1. The van der Waals surface area contributed by atoms with Crippen molar-refractivity contribution in [2.45, 2.75) is 6.42 Å². The van der Waals surface area contributed by atoms with E-state index in [2.05, 4.69) is 4.74 Å². The van der Waals surface area contributed by atoms with Crippen LogP contribution in [0, 0.1) is 17.6 Å². The fourth-order valence-electron chi connectivity index (χ4n) is 2.17. The Labute approximate surface area is 118 Å². The first kappa shape index (κ1) is 14.9. The summed E-state index contributed by atoms with van der Waals surface area (Å²) in [4.78, 5) is 35.3. The first-order valence-corrected chi connectivity index (χ1v) is 6.02. The van der Waals surface area contributed by atoms with Crippen LogP contribution >= 0.6 is 0 Å². The summed E-state index contributed by atoms with van der Waals surface area (Å²) in [5, 5.41) is 0. The van der Waals surface area contributed by atoms with Gasteiger partial charge in [0, 0.05) is 13.0 Å². The predicted molar refractivity (Wildman–Crippen MR) is 67.4 cm³/mol. The molecule has 1 aliphatic rings. The van der Waals surface area contributed by atoms with Crippen LogP contribution in [-0.2, 0) is 14.3 Å². The van der Waals surface area contributed by atoms with Gasteiger partial charge in [0.05, 0.1) is 18.7 Å². The minimum absolute atomic E-state index is 0.114. The van der Waals surface area contributed by atoms with Crippen LogP contribution in [-0.4, -0.2) is 31.4 Å². The molecule has 1 aliphatic heterocycles. The number of primary amides is 1. The van der Waals surface area contributed by atoms with E-state index in [0.717, 1.165) is 24.1 Å². The second kappa shape index (κ2) is 5.47. The van der Waals surface area contributed by atoms with Gasteiger partial charge in [-0.05, 0) is 12.1 Å². The quantitative estimate of drug-likeness (QED) is 0.827. The molecule has 0 radical (unpaired) electrons. The Balaban J connectivity index is 2.44. The van der Waals surface area contributed by atoms with Gasteiger partial charge in [-0.1, -0.05) is 0 Å². The standard InChI is InChI=1S/C13H12F2N2O4/c1-21-13(20)10-7(14)2-3-8(11(10)15)17-5-6(12(16)19)4-9(17)18/h2-3,6H,4-5H2,1H3,(H2,16,19). The van der Waals surface area contributed by atoms with E-state index in [-0.39, 0.29) is 18.7 Å². The fourth-order valence-corrected chi connectivity index (χ4v) is 2.17. The van der Waals surface area contributed by atoms with E-state index in [1.54, 1.807) is 0 Å². The third kappa shape index (κ3) is 2.56. The lowest BCUT2D eigenvalue weighted by molar-refractivity contribution is -0.123. The Morgan fingerprint density at radius 3 is 2.57 bits per heavy atom. The van der Waals surface area contributed by atoms with E-state index in [1.165, 1.54) is 0 Å². The van der Waals surface area contributed by atoms with Gasteiger partial charge in [-0.25, -0.2) is 13.6 Å². The van der Waals surface area contributed by atoms with Crippen molar-refractivity contribution in [2.24, 2.45) is 11.7 Å². The van der Waals surface area contributed by atoms with Crippen molar-refractivity contribution in [1.29, 1.82) is 0 Å². The summed E-state index contributed by atoms with van der Waals surface area (Å²) >= 11 is 0. The zero-order chi connectivity index (χ0) is 15.7. The number of halogens is 2. The molecule has 0 saturated carbocycles. The van der Waals surface area contributed by atoms with Crippen LogP contribution in [0.4, 0.5) is 14.5 Å². The van der Waals surface area contributed by atoms with E-state index >= 15 is 0 Å². The number of nitrogens with two attached hydrogens (primary N) is 1. The lowest BCUT2D eigenvalue weighted by Gasteiger charge is -2.18. The van der Waals surface area contributed by atoms with Gasteiger partial charge in [0.1, 0.15) is 11.4 Å². The normalized spacial score (nSPS) is 18.0. The molecule has 2 rings (SSSR count). The number of carbonyl (C=O) groups is 3. The maximum Gasteiger partial charge on any atom is 0.343 e. The number of amides is 2. The average Bonchev–Trinajstić information content (AvgIpc) is 2.81. The van der Waals surface area contributed by atoms with E-state index in [1.807, 2.05) is 0 Å². The topological polar surface area (TPSA) is 89.7 Å². The Hall–Kier alpha value is -2.51. The molecule has 1 atom stereocenters. The summed E-state index contributed by atoms with van der Waals surface area (Å²) in [6.45, 7) is -0.114. The van der Waals surface area contributed by atoms with Gasteiger partial charge in [-0.3, -0.25) is 9.59 Å². The average molecular weight is 298 g/mol. The Kier molecular flexibility index (Phi) is 3.88. The number of anilines is 1. The molecule has 2 amide bonds. The maximum atomic E-state index is 14.3. The van der Waals surface area contributed by atoms with Crippen LogP contribution in [0.25, 0.3) is 0 Å². The highest BCUT2D eigenvalue weighted by Gasteiger charge is 2.36. The number of ether oxygens (including phenoxy) is 1. The summed E-state index contributed by atoms with van der Waals surface area (Å²) < 4.78 is 32.1.